The van der Waals surface area contributed by atoms with E-state index in [1.807, 2.05) is 0 Å². The highest BCUT2D eigenvalue weighted by Crippen LogP contribution is 2.01. The van der Waals surface area contributed by atoms with Gasteiger partial charge in [0.1, 0.15) is 17.5 Å². The van der Waals surface area contributed by atoms with Crippen molar-refractivity contribution in [2.24, 2.45) is 5.92 Å². The molecular weight excluding hydrogens is 254 g/mol. The van der Waals surface area contributed by atoms with Crippen LogP contribution in [0.3, 0.4) is 0 Å². The Hall–Kier alpha value is -1.36. The molecule has 1 aromatic rings. The maximum absolute atomic E-state index is 11.7. The largest absolute Gasteiger partial charge is 0.355 e. The molecule has 0 atom stereocenters. The second-order valence-corrected chi connectivity index (χ2v) is 4.97. The van der Waals surface area contributed by atoms with Crippen LogP contribution < -0.4 is 10.9 Å². The molecule has 0 radical (unpaired) electrons. The van der Waals surface area contributed by atoms with Gasteiger partial charge in [0, 0.05) is 12.6 Å². The zero-order valence-electron chi connectivity index (χ0n) is 10.9. The molecule has 1 aromatic heterocycles. The van der Waals surface area contributed by atoms with Gasteiger partial charge in [-0.2, -0.15) is 0 Å². The summed E-state index contributed by atoms with van der Waals surface area (Å²) in [6, 6.07) is 1.20. The van der Waals surface area contributed by atoms with Gasteiger partial charge in [0.2, 0.25) is 5.91 Å². The summed E-state index contributed by atoms with van der Waals surface area (Å²) in [5.41, 5.74) is -0.313. The highest BCUT2D eigenvalue weighted by molar-refractivity contribution is 6.29. The van der Waals surface area contributed by atoms with Crippen LogP contribution in [0.5, 0.6) is 0 Å². The number of rotatable bonds is 5. The monoisotopic (exact) mass is 271 g/mol. The number of carbonyl (C=O) groups excluding carboxylic acids is 1. The summed E-state index contributed by atoms with van der Waals surface area (Å²) in [4.78, 5) is 27.2. The van der Waals surface area contributed by atoms with Crippen LogP contribution in [-0.4, -0.2) is 22.0 Å². The molecule has 0 saturated carbocycles. The van der Waals surface area contributed by atoms with E-state index < -0.39 is 0 Å². The van der Waals surface area contributed by atoms with Crippen molar-refractivity contribution in [1.82, 2.24) is 14.9 Å². The van der Waals surface area contributed by atoms with E-state index in [-0.39, 0.29) is 23.2 Å². The van der Waals surface area contributed by atoms with Crippen molar-refractivity contribution in [3.05, 3.63) is 27.4 Å². The van der Waals surface area contributed by atoms with E-state index >= 15 is 0 Å². The number of nitrogens with zero attached hydrogens (tertiary/aromatic N) is 2. The van der Waals surface area contributed by atoms with E-state index in [4.69, 9.17) is 11.6 Å². The van der Waals surface area contributed by atoms with E-state index in [0.717, 1.165) is 6.42 Å². The molecule has 0 bridgehead atoms. The Balaban J connectivity index is 2.62. The molecule has 18 heavy (non-hydrogen) atoms. The number of carbonyl (C=O) groups is 1. The quantitative estimate of drug-likeness (QED) is 0.823. The third-order valence-corrected chi connectivity index (χ3v) is 2.71. The molecule has 1 N–H and O–H groups in total. The van der Waals surface area contributed by atoms with Gasteiger partial charge in [0.15, 0.2) is 0 Å². The summed E-state index contributed by atoms with van der Waals surface area (Å²) < 4.78 is 1.30. The lowest BCUT2D eigenvalue weighted by Crippen LogP contribution is -2.34. The number of aromatic nitrogens is 2. The van der Waals surface area contributed by atoms with E-state index in [0.29, 0.717) is 18.3 Å². The number of amides is 1. The fourth-order valence-corrected chi connectivity index (χ4v) is 1.69. The molecule has 0 aliphatic heterocycles. The molecule has 0 aliphatic carbocycles. The minimum atomic E-state index is -0.313. The fraction of sp³-hybridized carbons (Fsp3) is 0.583. The molecule has 0 fully saturated rings. The first-order valence-electron chi connectivity index (χ1n) is 5.91. The van der Waals surface area contributed by atoms with Crippen molar-refractivity contribution in [2.75, 3.05) is 6.54 Å². The van der Waals surface area contributed by atoms with Gasteiger partial charge in [0.05, 0.1) is 0 Å². The van der Waals surface area contributed by atoms with E-state index in [1.165, 1.54) is 10.6 Å². The third-order valence-electron chi connectivity index (χ3n) is 2.51. The van der Waals surface area contributed by atoms with E-state index in [2.05, 4.69) is 24.1 Å². The van der Waals surface area contributed by atoms with Crippen LogP contribution in [0.4, 0.5) is 0 Å². The smallest absolute Gasteiger partial charge is 0.255 e. The maximum Gasteiger partial charge on any atom is 0.255 e. The molecule has 5 nitrogen and oxygen atoms in total. The lowest BCUT2D eigenvalue weighted by Gasteiger charge is -2.10. The van der Waals surface area contributed by atoms with Crippen LogP contribution >= 0.6 is 11.6 Å². The van der Waals surface area contributed by atoms with Crippen LogP contribution in [0.2, 0.25) is 5.15 Å². The molecule has 1 rings (SSSR count). The standard InChI is InChI=1S/C12H18ClN3O2/c1-8(2)4-5-14-11(17)7-16-9(3)15-10(13)6-12(16)18/h6,8H,4-5,7H2,1-3H3,(H,14,17). The van der Waals surface area contributed by atoms with Crippen LogP contribution in [0.25, 0.3) is 0 Å². The van der Waals surface area contributed by atoms with Gasteiger partial charge in [-0.3, -0.25) is 14.2 Å². The predicted octanol–water partition coefficient (Wildman–Crippen LogP) is 1.37. The van der Waals surface area contributed by atoms with Crippen LogP contribution in [0, 0.1) is 12.8 Å². The summed E-state index contributed by atoms with van der Waals surface area (Å²) in [5.74, 6) is 0.781. The van der Waals surface area contributed by atoms with Crippen LogP contribution in [0.15, 0.2) is 10.9 Å². The Kier molecular flexibility index (Phi) is 5.34. The molecule has 1 heterocycles. The second kappa shape index (κ2) is 6.54. The van der Waals surface area contributed by atoms with Crippen molar-refractivity contribution >= 4 is 17.5 Å². The Bertz CT molecular complexity index is 483. The Morgan fingerprint density at radius 3 is 2.78 bits per heavy atom. The molecular formula is C12H18ClN3O2. The van der Waals surface area contributed by atoms with E-state index in [1.54, 1.807) is 6.92 Å². The van der Waals surface area contributed by atoms with E-state index in [9.17, 15) is 9.59 Å². The minimum absolute atomic E-state index is 0.0209. The third kappa shape index (κ3) is 4.49. The highest BCUT2D eigenvalue weighted by Gasteiger charge is 2.08. The molecule has 100 valence electrons. The Morgan fingerprint density at radius 2 is 2.22 bits per heavy atom. The van der Waals surface area contributed by atoms with Gasteiger partial charge in [-0.15, -0.1) is 0 Å². The van der Waals surface area contributed by atoms with Crippen LogP contribution in [-0.2, 0) is 11.3 Å². The van der Waals surface area contributed by atoms with Gasteiger partial charge >= 0.3 is 0 Å². The number of nitrogens with one attached hydrogen (secondary N) is 1. The normalized spacial score (nSPS) is 10.7. The molecule has 1 amide bonds. The second-order valence-electron chi connectivity index (χ2n) is 4.58. The first kappa shape index (κ1) is 14.7. The maximum atomic E-state index is 11.7. The summed E-state index contributed by atoms with van der Waals surface area (Å²) in [7, 11) is 0. The van der Waals surface area contributed by atoms with Crippen molar-refractivity contribution in [3.63, 3.8) is 0 Å². The summed E-state index contributed by atoms with van der Waals surface area (Å²) in [6.45, 7) is 6.42. The number of hydrogen-bond acceptors (Lipinski definition) is 3. The summed E-state index contributed by atoms with van der Waals surface area (Å²) in [5, 5.41) is 2.92. The SMILES string of the molecule is Cc1nc(Cl)cc(=O)n1CC(=O)NCCC(C)C. The predicted molar refractivity (Wildman–Crippen MR) is 70.7 cm³/mol. The zero-order valence-corrected chi connectivity index (χ0v) is 11.6. The fourth-order valence-electron chi connectivity index (χ4n) is 1.48. The average molecular weight is 272 g/mol. The first-order chi connectivity index (χ1) is 8.40. The van der Waals surface area contributed by atoms with Crippen molar-refractivity contribution in [2.45, 2.75) is 33.7 Å². The first-order valence-corrected chi connectivity index (χ1v) is 6.28. The number of aryl methyl sites for hydroxylation is 1. The Labute approximate surface area is 111 Å². The summed E-state index contributed by atoms with van der Waals surface area (Å²) >= 11 is 5.65. The van der Waals surface area contributed by atoms with Gasteiger partial charge in [-0.05, 0) is 19.3 Å². The molecule has 6 heteroatoms. The zero-order chi connectivity index (χ0) is 13.7. The van der Waals surface area contributed by atoms with Gasteiger partial charge in [-0.1, -0.05) is 25.4 Å². The molecule has 0 aliphatic rings. The molecule has 0 saturated heterocycles. The topological polar surface area (TPSA) is 64.0 Å². The van der Waals surface area contributed by atoms with Crippen LogP contribution in [0.1, 0.15) is 26.1 Å². The lowest BCUT2D eigenvalue weighted by atomic mass is 10.1. The molecule has 0 spiro atoms. The average Bonchev–Trinajstić information content (AvgIpc) is 2.22. The highest BCUT2D eigenvalue weighted by atomic mass is 35.5. The lowest BCUT2D eigenvalue weighted by molar-refractivity contribution is -0.121. The van der Waals surface area contributed by atoms with Crippen molar-refractivity contribution in [3.8, 4) is 0 Å². The summed E-state index contributed by atoms with van der Waals surface area (Å²) in [6.07, 6.45) is 0.915. The number of halogens is 1. The van der Waals surface area contributed by atoms with Crippen molar-refractivity contribution in [1.29, 1.82) is 0 Å². The van der Waals surface area contributed by atoms with Gasteiger partial charge in [-0.25, -0.2) is 4.98 Å². The van der Waals surface area contributed by atoms with Gasteiger partial charge in [0.25, 0.3) is 5.56 Å². The Morgan fingerprint density at radius 1 is 1.56 bits per heavy atom. The van der Waals surface area contributed by atoms with Gasteiger partial charge < -0.3 is 5.32 Å². The molecule has 0 aromatic carbocycles. The molecule has 0 unspecified atom stereocenters. The van der Waals surface area contributed by atoms with Crippen molar-refractivity contribution < 1.29 is 4.79 Å². The minimum Gasteiger partial charge on any atom is -0.355 e. The number of hydrogen-bond donors (Lipinski definition) is 1.